The Hall–Kier alpha value is -0.850. The third-order valence-electron chi connectivity index (χ3n) is 1.61. The highest BCUT2D eigenvalue weighted by Gasteiger charge is 1.82. The third-order valence-corrected chi connectivity index (χ3v) is 1.61. The fraction of sp³-hybridized carbons (Fsp3) is 0.545. The average Bonchev–Trinajstić information content (AvgIpc) is 2.10. The molecule has 0 saturated heterocycles. The number of aldehydes is 1. The summed E-state index contributed by atoms with van der Waals surface area (Å²) < 4.78 is 0. The molecular formula is C11H18O. The molecule has 0 aliphatic carbocycles. The molecule has 1 nitrogen and oxygen atoms in total. The second-order valence-corrected chi connectivity index (χ2v) is 2.73. The molecular weight excluding hydrogens is 148 g/mol. The molecule has 0 aliphatic heterocycles. The van der Waals surface area contributed by atoms with E-state index < -0.39 is 0 Å². The van der Waals surface area contributed by atoms with Gasteiger partial charge in [-0.15, -0.1) is 0 Å². The van der Waals surface area contributed by atoms with E-state index in [0.29, 0.717) is 0 Å². The Morgan fingerprint density at radius 3 is 2.25 bits per heavy atom. The Morgan fingerprint density at radius 2 is 1.67 bits per heavy atom. The molecule has 0 heterocycles. The van der Waals surface area contributed by atoms with E-state index in [4.69, 9.17) is 0 Å². The zero-order valence-electron chi connectivity index (χ0n) is 7.83. The van der Waals surface area contributed by atoms with Gasteiger partial charge in [0.2, 0.25) is 0 Å². The van der Waals surface area contributed by atoms with Crippen LogP contribution in [0.15, 0.2) is 24.3 Å². The quantitative estimate of drug-likeness (QED) is 0.245. The topological polar surface area (TPSA) is 17.1 Å². The summed E-state index contributed by atoms with van der Waals surface area (Å²) in [4.78, 5) is 9.88. The first-order chi connectivity index (χ1) is 5.91. The van der Waals surface area contributed by atoms with Gasteiger partial charge in [-0.3, -0.25) is 4.79 Å². The standard InChI is InChI=1S/C11H18O/c1-2-3-4-5-6-7-8-9-10-11-12/h3-4,9-11H,2,5-8H2,1H3/b4-3?,10-9-. The molecule has 0 aromatic rings. The van der Waals surface area contributed by atoms with Crippen molar-refractivity contribution in [3.63, 3.8) is 0 Å². The van der Waals surface area contributed by atoms with Gasteiger partial charge in [-0.05, 0) is 38.2 Å². The molecule has 0 saturated carbocycles. The zero-order chi connectivity index (χ0) is 9.07. The predicted molar refractivity (Wildman–Crippen MR) is 53.1 cm³/mol. The number of carbonyl (C=O) groups excluding carboxylic acids is 1. The Kier molecular flexibility index (Phi) is 9.43. The number of rotatable bonds is 7. The molecule has 0 atom stereocenters. The molecule has 12 heavy (non-hydrogen) atoms. The Bertz CT molecular complexity index is 145. The first kappa shape index (κ1) is 11.2. The molecule has 0 bridgehead atoms. The maximum absolute atomic E-state index is 9.88. The minimum atomic E-state index is 0.830. The van der Waals surface area contributed by atoms with Crippen molar-refractivity contribution in [2.24, 2.45) is 0 Å². The summed E-state index contributed by atoms with van der Waals surface area (Å²) in [6.45, 7) is 2.14. The molecule has 0 rings (SSSR count). The zero-order valence-corrected chi connectivity index (χ0v) is 7.83. The van der Waals surface area contributed by atoms with Gasteiger partial charge in [0.1, 0.15) is 6.29 Å². The highest BCUT2D eigenvalue weighted by Crippen LogP contribution is 2.01. The largest absolute Gasteiger partial charge is 0.299 e. The van der Waals surface area contributed by atoms with Gasteiger partial charge in [-0.25, -0.2) is 0 Å². The van der Waals surface area contributed by atoms with Crippen molar-refractivity contribution in [3.8, 4) is 0 Å². The molecule has 0 amide bonds. The molecule has 0 N–H and O–H groups in total. The van der Waals surface area contributed by atoms with E-state index in [2.05, 4.69) is 19.1 Å². The van der Waals surface area contributed by atoms with E-state index in [1.807, 2.05) is 6.08 Å². The van der Waals surface area contributed by atoms with Crippen LogP contribution in [0, 0.1) is 0 Å². The van der Waals surface area contributed by atoms with Crippen LogP contribution in [0.4, 0.5) is 0 Å². The molecule has 0 radical (unpaired) electrons. The first-order valence-electron chi connectivity index (χ1n) is 4.67. The van der Waals surface area contributed by atoms with Crippen molar-refractivity contribution >= 4 is 6.29 Å². The summed E-state index contributed by atoms with van der Waals surface area (Å²) in [7, 11) is 0. The van der Waals surface area contributed by atoms with Crippen LogP contribution in [0.1, 0.15) is 39.0 Å². The Morgan fingerprint density at radius 1 is 1.00 bits per heavy atom. The maximum Gasteiger partial charge on any atom is 0.142 e. The average molecular weight is 166 g/mol. The van der Waals surface area contributed by atoms with Gasteiger partial charge in [0.25, 0.3) is 0 Å². The van der Waals surface area contributed by atoms with E-state index >= 15 is 0 Å². The first-order valence-corrected chi connectivity index (χ1v) is 4.67. The fourth-order valence-corrected chi connectivity index (χ4v) is 0.961. The van der Waals surface area contributed by atoms with Gasteiger partial charge < -0.3 is 0 Å². The molecule has 68 valence electrons. The maximum atomic E-state index is 9.88. The number of allylic oxidation sites excluding steroid dienone is 4. The van der Waals surface area contributed by atoms with E-state index in [9.17, 15) is 4.79 Å². The predicted octanol–water partition coefficient (Wildman–Crippen LogP) is 3.27. The van der Waals surface area contributed by atoms with Crippen LogP contribution >= 0.6 is 0 Å². The van der Waals surface area contributed by atoms with Crippen LogP contribution in [-0.2, 0) is 4.79 Å². The monoisotopic (exact) mass is 166 g/mol. The fourth-order valence-electron chi connectivity index (χ4n) is 0.961. The lowest BCUT2D eigenvalue weighted by Gasteiger charge is -1.91. The van der Waals surface area contributed by atoms with Crippen molar-refractivity contribution in [3.05, 3.63) is 24.3 Å². The van der Waals surface area contributed by atoms with Gasteiger partial charge in [0.05, 0.1) is 0 Å². The van der Waals surface area contributed by atoms with Crippen molar-refractivity contribution in [2.45, 2.75) is 39.0 Å². The minimum Gasteiger partial charge on any atom is -0.299 e. The number of hydrogen-bond acceptors (Lipinski definition) is 1. The van der Waals surface area contributed by atoms with Gasteiger partial charge in [-0.2, -0.15) is 0 Å². The van der Waals surface area contributed by atoms with Crippen molar-refractivity contribution < 1.29 is 4.79 Å². The van der Waals surface area contributed by atoms with E-state index in [1.54, 1.807) is 6.08 Å². The van der Waals surface area contributed by atoms with Gasteiger partial charge in [0.15, 0.2) is 0 Å². The summed E-state index contributed by atoms with van der Waals surface area (Å²) in [5.41, 5.74) is 0. The number of carbonyl (C=O) groups is 1. The van der Waals surface area contributed by atoms with Crippen LogP contribution in [-0.4, -0.2) is 6.29 Å². The van der Waals surface area contributed by atoms with Crippen LogP contribution in [0.25, 0.3) is 0 Å². The molecule has 0 fully saturated rings. The number of unbranched alkanes of at least 4 members (excludes halogenated alkanes) is 3. The Balaban J connectivity index is 3.05. The van der Waals surface area contributed by atoms with Crippen LogP contribution in [0.3, 0.4) is 0 Å². The van der Waals surface area contributed by atoms with E-state index in [-0.39, 0.29) is 0 Å². The second-order valence-electron chi connectivity index (χ2n) is 2.73. The normalized spacial score (nSPS) is 11.4. The lowest BCUT2D eigenvalue weighted by molar-refractivity contribution is -0.104. The second kappa shape index (κ2) is 10.2. The molecule has 0 aromatic carbocycles. The molecule has 1 heteroatoms. The molecule has 0 aromatic heterocycles. The lowest BCUT2D eigenvalue weighted by atomic mass is 10.2. The Labute approximate surface area is 75.2 Å². The summed E-state index contributed by atoms with van der Waals surface area (Å²) in [6, 6.07) is 0. The smallest absolute Gasteiger partial charge is 0.142 e. The lowest BCUT2D eigenvalue weighted by Crippen LogP contribution is -1.72. The van der Waals surface area contributed by atoms with Crippen molar-refractivity contribution in [2.75, 3.05) is 0 Å². The highest BCUT2D eigenvalue weighted by molar-refractivity contribution is 5.64. The van der Waals surface area contributed by atoms with Crippen LogP contribution in [0.5, 0.6) is 0 Å². The minimum absolute atomic E-state index is 0.830. The number of hydrogen-bond donors (Lipinski definition) is 0. The molecule has 0 unspecified atom stereocenters. The SMILES string of the molecule is CCC=CCCCC/C=C\C=O. The van der Waals surface area contributed by atoms with Gasteiger partial charge in [-0.1, -0.05) is 25.2 Å². The van der Waals surface area contributed by atoms with Gasteiger partial charge in [0, 0.05) is 0 Å². The highest BCUT2D eigenvalue weighted by atomic mass is 16.1. The van der Waals surface area contributed by atoms with Crippen molar-refractivity contribution in [1.29, 1.82) is 0 Å². The summed E-state index contributed by atoms with van der Waals surface area (Å²) in [5, 5.41) is 0. The molecule has 0 spiro atoms. The van der Waals surface area contributed by atoms with E-state index in [1.165, 1.54) is 19.3 Å². The summed E-state index contributed by atoms with van der Waals surface area (Å²) in [6.07, 6.45) is 14.5. The van der Waals surface area contributed by atoms with E-state index in [0.717, 1.165) is 19.1 Å². The van der Waals surface area contributed by atoms with Gasteiger partial charge >= 0.3 is 0 Å². The van der Waals surface area contributed by atoms with Crippen molar-refractivity contribution in [1.82, 2.24) is 0 Å². The summed E-state index contributed by atoms with van der Waals surface area (Å²) >= 11 is 0. The summed E-state index contributed by atoms with van der Waals surface area (Å²) in [5.74, 6) is 0. The van der Waals surface area contributed by atoms with Crippen LogP contribution in [0.2, 0.25) is 0 Å². The molecule has 0 aliphatic rings. The van der Waals surface area contributed by atoms with Crippen LogP contribution < -0.4 is 0 Å². The third kappa shape index (κ3) is 9.15.